The minimum Gasteiger partial charge on any atom is -0.372 e. The van der Waals surface area contributed by atoms with Crippen molar-refractivity contribution in [2.24, 2.45) is 0 Å². The Morgan fingerprint density at radius 3 is 1.50 bits per heavy atom. The van der Waals surface area contributed by atoms with Crippen LogP contribution in [0.15, 0.2) is 72.8 Å². The third-order valence-corrected chi connectivity index (χ3v) is 5.35. The number of aryl methyl sites for hydroxylation is 2. The fraction of sp³-hybridized carbons (Fsp3) is 0.280. The van der Waals surface area contributed by atoms with Crippen LogP contribution in [0.5, 0.6) is 0 Å². The minimum absolute atomic E-state index is 0.245. The van der Waals surface area contributed by atoms with E-state index in [0.717, 1.165) is 13.1 Å². The van der Waals surface area contributed by atoms with Gasteiger partial charge in [-0.25, -0.2) is 0 Å². The number of para-hydroxylation sites is 1. The lowest BCUT2D eigenvalue weighted by Crippen LogP contribution is -2.24. The zero-order valence-electron chi connectivity index (χ0n) is 16.4. The molecule has 1 nitrogen and oxygen atoms in total. The molecule has 3 aromatic carbocycles. The van der Waals surface area contributed by atoms with E-state index in [1.165, 1.54) is 33.5 Å². The summed E-state index contributed by atoms with van der Waals surface area (Å²) in [6.45, 7) is 10.9. The average Bonchev–Trinajstić information content (AvgIpc) is 2.67. The van der Waals surface area contributed by atoms with Gasteiger partial charge in [0.25, 0.3) is 0 Å². The molecule has 0 bridgehead atoms. The second-order valence-corrected chi connectivity index (χ2v) is 6.88. The van der Waals surface area contributed by atoms with Crippen molar-refractivity contribution in [2.45, 2.75) is 33.6 Å². The van der Waals surface area contributed by atoms with Crippen LogP contribution in [0.2, 0.25) is 0 Å². The molecule has 0 fully saturated rings. The Morgan fingerprint density at radius 2 is 1.04 bits per heavy atom. The highest BCUT2D eigenvalue weighted by Gasteiger charge is 2.23. The van der Waals surface area contributed by atoms with Gasteiger partial charge >= 0.3 is 0 Å². The van der Waals surface area contributed by atoms with Gasteiger partial charge in [0.1, 0.15) is 0 Å². The summed E-state index contributed by atoms with van der Waals surface area (Å²) in [7, 11) is 0. The van der Waals surface area contributed by atoms with Crippen LogP contribution in [-0.4, -0.2) is 13.1 Å². The lowest BCUT2D eigenvalue weighted by molar-refractivity contribution is 0.843. The summed E-state index contributed by atoms with van der Waals surface area (Å²) < 4.78 is 0. The topological polar surface area (TPSA) is 3.24 Å². The molecule has 0 aliphatic carbocycles. The quantitative estimate of drug-likeness (QED) is 0.473. The summed E-state index contributed by atoms with van der Waals surface area (Å²) in [5.74, 6) is 0.245. The Bertz CT molecular complexity index is 816. The second kappa shape index (κ2) is 8.23. The average molecular weight is 344 g/mol. The molecule has 3 aromatic rings. The predicted molar refractivity (Wildman–Crippen MR) is 113 cm³/mol. The maximum Gasteiger partial charge on any atom is 0.0408 e. The highest BCUT2D eigenvalue weighted by atomic mass is 15.1. The number of nitrogens with zero attached hydrogens (tertiary/aromatic N) is 1. The first-order chi connectivity index (χ1) is 12.7. The van der Waals surface area contributed by atoms with E-state index in [1.54, 1.807) is 0 Å². The first-order valence-corrected chi connectivity index (χ1v) is 9.62. The summed E-state index contributed by atoms with van der Waals surface area (Å²) in [6, 6.07) is 26.5. The Morgan fingerprint density at radius 1 is 0.615 bits per heavy atom. The van der Waals surface area contributed by atoms with E-state index in [9.17, 15) is 0 Å². The van der Waals surface area contributed by atoms with E-state index in [-0.39, 0.29) is 5.92 Å². The van der Waals surface area contributed by atoms with Gasteiger partial charge in [0.15, 0.2) is 0 Å². The number of hydrogen-bond donors (Lipinski definition) is 0. The van der Waals surface area contributed by atoms with Gasteiger partial charge in [0.2, 0.25) is 0 Å². The van der Waals surface area contributed by atoms with Gasteiger partial charge in [-0.3, -0.25) is 0 Å². The summed E-state index contributed by atoms with van der Waals surface area (Å²) in [5, 5.41) is 0. The third-order valence-electron chi connectivity index (χ3n) is 5.35. The molecule has 0 aromatic heterocycles. The molecule has 0 radical (unpaired) electrons. The first-order valence-electron chi connectivity index (χ1n) is 9.62. The van der Waals surface area contributed by atoms with Crippen LogP contribution in [0.3, 0.4) is 0 Å². The van der Waals surface area contributed by atoms with Gasteiger partial charge in [-0.05, 0) is 61.6 Å². The van der Waals surface area contributed by atoms with Crippen LogP contribution in [0.1, 0.15) is 47.6 Å². The van der Waals surface area contributed by atoms with Gasteiger partial charge in [-0.15, -0.1) is 0 Å². The SMILES string of the molecule is CCN(CC)c1ccccc1C(c1ccccc1C)c1ccccc1C. The molecule has 0 saturated carbocycles. The zero-order chi connectivity index (χ0) is 18.5. The Labute approximate surface area is 158 Å². The molecular formula is C25H29N. The molecule has 0 saturated heterocycles. The van der Waals surface area contributed by atoms with Crippen molar-refractivity contribution in [3.63, 3.8) is 0 Å². The van der Waals surface area contributed by atoms with Crippen LogP contribution in [0, 0.1) is 13.8 Å². The van der Waals surface area contributed by atoms with Gasteiger partial charge < -0.3 is 4.90 Å². The summed E-state index contributed by atoms with van der Waals surface area (Å²) >= 11 is 0. The maximum atomic E-state index is 2.46. The fourth-order valence-electron chi connectivity index (χ4n) is 3.91. The van der Waals surface area contributed by atoms with E-state index in [2.05, 4.69) is 105 Å². The molecule has 0 amide bonds. The molecule has 0 heterocycles. The van der Waals surface area contributed by atoms with Gasteiger partial charge in [0, 0.05) is 24.7 Å². The Balaban J connectivity index is 2.27. The zero-order valence-corrected chi connectivity index (χ0v) is 16.4. The highest BCUT2D eigenvalue weighted by Crippen LogP contribution is 2.39. The van der Waals surface area contributed by atoms with E-state index >= 15 is 0 Å². The first kappa shape index (κ1) is 18.3. The van der Waals surface area contributed by atoms with Crippen LogP contribution in [0.25, 0.3) is 0 Å². The van der Waals surface area contributed by atoms with Crippen LogP contribution < -0.4 is 4.90 Å². The van der Waals surface area contributed by atoms with E-state index in [4.69, 9.17) is 0 Å². The van der Waals surface area contributed by atoms with Crippen molar-refractivity contribution in [2.75, 3.05) is 18.0 Å². The van der Waals surface area contributed by atoms with Crippen molar-refractivity contribution in [3.05, 3.63) is 101 Å². The lowest BCUT2D eigenvalue weighted by Gasteiger charge is -2.30. The smallest absolute Gasteiger partial charge is 0.0408 e. The minimum atomic E-state index is 0.245. The summed E-state index contributed by atoms with van der Waals surface area (Å²) in [4.78, 5) is 2.46. The molecule has 1 heteroatoms. The Kier molecular flexibility index (Phi) is 5.78. The fourth-order valence-corrected chi connectivity index (χ4v) is 3.91. The van der Waals surface area contributed by atoms with Gasteiger partial charge in [0.05, 0.1) is 0 Å². The van der Waals surface area contributed by atoms with Crippen molar-refractivity contribution >= 4 is 5.69 Å². The lowest BCUT2D eigenvalue weighted by atomic mass is 9.80. The molecule has 0 spiro atoms. The van der Waals surface area contributed by atoms with E-state index in [1.807, 2.05) is 0 Å². The van der Waals surface area contributed by atoms with E-state index < -0.39 is 0 Å². The molecule has 3 rings (SSSR count). The molecule has 0 unspecified atom stereocenters. The van der Waals surface area contributed by atoms with Crippen molar-refractivity contribution in [1.29, 1.82) is 0 Å². The van der Waals surface area contributed by atoms with Crippen molar-refractivity contribution in [3.8, 4) is 0 Å². The third kappa shape index (κ3) is 3.53. The molecule has 26 heavy (non-hydrogen) atoms. The normalized spacial score (nSPS) is 11.0. The van der Waals surface area contributed by atoms with Gasteiger partial charge in [-0.1, -0.05) is 66.7 Å². The standard InChI is InChI=1S/C25H29N/c1-5-26(6-2)24-18-12-11-17-23(24)25(21-15-9-7-13-19(21)3)22-16-10-8-14-20(22)4/h7-18,25H,5-6H2,1-4H3. The number of anilines is 1. The predicted octanol–water partition coefficient (Wildman–Crippen LogP) is 6.33. The number of benzene rings is 3. The highest BCUT2D eigenvalue weighted by molar-refractivity contribution is 5.61. The molecular weight excluding hydrogens is 314 g/mol. The van der Waals surface area contributed by atoms with E-state index in [0.29, 0.717) is 0 Å². The molecule has 0 atom stereocenters. The van der Waals surface area contributed by atoms with Crippen LogP contribution >= 0.6 is 0 Å². The summed E-state index contributed by atoms with van der Waals surface area (Å²) in [6.07, 6.45) is 0. The van der Waals surface area contributed by atoms with Crippen molar-refractivity contribution in [1.82, 2.24) is 0 Å². The van der Waals surface area contributed by atoms with Gasteiger partial charge in [-0.2, -0.15) is 0 Å². The summed E-state index contributed by atoms with van der Waals surface area (Å²) in [5.41, 5.74) is 8.20. The largest absolute Gasteiger partial charge is 0.372 e. The molecule has 0 aliphatic heterocycles. The maximum absolute atomic E-state index is 2.46. The second-order valence-electron chi connectivity index (χ2n) is 6.88. The molecule has 0 aliphatic rings. The Hall–Kier alpha value is -2.54. The van der Waals surface area contributed by atoms with Crippen molar-refractivity contribution < 1.29 is 0 Å². The number of hydrogen-bond acceptors (Lipinski definition) is 1. The van der Waals surface area contributed by atoms with Crippen LogP contribution in [0.4, 0.5) is 5.69 Å². The number of rotatable bonds is 6. The monoisotopic (exact) mass is 343 g/mol. The van der Waals surface area contributed by atoms with Crippen LogP contribution in [-0.2, 0) is 0 Å². The molecule has 0 N–H and O–H groups in total. The molecule has 134 valence electrons.